The second-order valence-electron chi connectivity index (χ2n) is 3.03. The molecule has 0 rings (SSSR count). The molecule has 0 aromatic heterocycles. The van der Waals surface area contributed by atoms with Crippen LogP contribution in [0.15, 0.2) is 11.1 Å². The number of halogens is 1. The molecular weight excluding hydrogens is 194 g/mol. The van der Waals surface area contributed by atoms with Crippen LogP contribution in [-0.2, 0) is 4.79 Å². The van der Waals surface area contributed by atoms with Crippen LogP contribution in [0, 0.1) is 0 Å². The number of hydrogen-bond donors (Lipinski definition) is 1. The lowest BCUT2D eigenvalue weighted by atomic mass is 10.1. The van der Waals surface area contributed by atoms with Crippen molar-refractivity contribution >= 4 is 21.8 Å². The maximum atomic E-state index is 10.8. The van der Waals surface area contributed by atoms with Crippen molar-refractivity contribution in [3.8, 4) is 0 Å². The molecule has 58 valence electrons. The van der Waals surface area contributed by atoms with Gasteiger partial charge >= 0.3 is 0 Å². The minimum atomic E-state index is -0.149. The second kappa shape index (κ2) is 3.76. The zero-order valence-electron chi connectivity index (χ0n) is 6.44. The Morgan fingerprint density at radius 2 is 2.00 bits per heavy atom. The fraction of sp³-hybridized carbons (Fsp3) is 0.571. The summed E-state index contributed by atoms with van der Waals surface area (Å²) in [5.41, 5.74) is -0.149. The third kappa shape index (κ3) is 5.82. The van der Waals surface area contributed by atoms with Gasteiger partial charge in [-0.3, -0.25) is 4.79 Å². The number of carbonyl (C=O) groups excluding carboxylic acids is 1. The highest BCUT2D eigenvalue weighted by Crippen LogP contribution is 1.98. The molecule has 0 saturated carbocycles. The van der Waals surface area contributed by atoms with Gasteiger partial charge < -0.3 is 5.32 Å². The number of nitrogens with one attached hydrogen (secondary N) is 1. The van der Waals surface area contributed by atoms with E-state index in [4.69, 9.17) is 0 Å². The molecule has 0 atom stereocenters. The van der Waals surface area contributed by atoms with Gasteiger partial charge in [-0.2, -0.15) is 0 Å². The molecule has 1 amide bonds. The van der Waals surface area contributed by atoms with Crippen molar-refractivity contribution in [2.45, 2.75) is 26.3 Å². The number of amides is 1. The van der Waals surface area contributed by atoms with Crippen LogP contribution < -0.4 is 5.32 Å². The van der Waals surface area contributed by atoms with Crippen molar-refractivity contribution in [1.29, 1.82) is 0 Å². The topological polar surface area (TPSA) is 29.1 Å². The minimum Gasteiger partial charge on any atom is -0.348 e. The molecule has 2 nitrogen and oxygen atoms in total. The van der Waals surface area contributed by atoms with Crippen LogP contribution in [0.5, 0.6) is 0 Å². The van der Waals surface area contributed by atoms with Gasteiger partial charge in [0, 0.05) is 11.6 Å². The van der Waals surface area contributed by atoms with E-state index in [1.807, 2.05) is 20.8 Å². The van der Waals surface area contributed by atoms with Crippen LogP contribution >= 0.6 is 15.9 Å². The van der Waals surface area contributed by atoms with E-state index in [1.54, 1.807) is 0 Å². The largest absolute Gasteiger partial charge is 0.348 e. The molecule has 3 heteroatoms. The molecule has 0 aliphatic carbocycles. The highest BCUT2D eigenvalue weighted by Gasteiger charge is 2.10. The van der Waals surface area contributed by atoms with Crippen LogP contribution in [0.3, 0.4) is 0 Å². The average molecular weight is 206 g/mol. The van der Waals surface area contributed by atoms with Crippen molar-refractivity contribution in [2.75, 3.05) is 0 Å². The van der Waals surface area contributed by atoms with Crippen molar-refractivity contribution in [3.05, 3.63) is 11.1 Å². The summed E-state index contributed by atoms with van der Waals surface area (Å²) in [5.74, 6) is -0.0793. The van der Waals surface area contributed by atoms with Gasteiger partial charge in [0.25, 0.3) is 0 Å². The van der Waals surface area contributed by atoms with E-state index >= 15 is 0 Å². The summed E-state index contributed by atoms with van der Waals surface area (Å²) < 4.78 is 0. The Balaban J connectivity index is 3.81. The van der Waals surface area contributed by atoms with Gasteiger partial charge in [-0.25, -0.2) is 0 Å². The van der Waals surface area contributed by atoms with Gasteiger partial charge in [0.1, 0.15) is 0 Å². The highest BCUT2D eigenvalue weighted by molar-refractivity contribution is 9.11. The maximum Gasteiger partial charge on any atom is 0.244 e. The van der Waals surface area contributed by atoms with Gasteiger partial charge in [0.05, 0.1) is 0 Å². The highest BCUT2D eigenvalue weighted by atomic mass is 79.9. The molecule has 0 fully saturated rings. The molecule has 1 N–H and O–H groups in total. The van der Waals surface area contributed by atoms with Crippen molar-refractivity contribution in [1.82, 2.24) is 5.32 Å². The van der Waals surface area contributed by atoms with Crippen molar-refractivity contribution in [2.24, 2.45) is 0 Å². The van der Waals surface area contributed by atoms with E-state index in [9.17, 15) is 4.79 Å². The van der Waals surface area contributed by atoms with Crippen LogP contribution in [0.2, 0.25) is 0 Å². The summed E-state index contributed by atoms with van der Waals surface area (Å²) in [4.78, 5) is 12.4. The normalized spacial score (nSPS) is 12.0. The first kappa shape index (κ1) is 9.69. The van der Waals surface area contributed by atoms with E-state index in [0.717, 1.165) is 0 Å². The molecule has 0 aromatic rings. The van der Waals surface area contributed by atoms with E-state index < -0.39 is 0 Å². The lowest BCUT2D eigenvalue weighted by Crippen LogP contribution is -2.39. The third-order valence-corrected chi connectivity index (χ3v) is 0.977. The molecule has 0 spiro atoms. The smallest absolute Gasteiger partial charge is 0.244 e. The molecule has 10 heavy (non-hydrogen) atoms. The maximum absolute atomic E-state index is 10.8. The molecule has 0 unspecified atom stereocenters. The van der Waals surface area contributed by atoms with E-state index in [-0.39, 0.29) is 11.4 Å². The summed E-state index contributed by atoms with van der Waals surface area (Å²) in [7, 11) is 0. The molecule has 0 radical (unpaired) electrons. The van der Waals surface area contributed by atoms with E-state index in [2.05, 4.69) is 21.2 Å². The zero-order valence-corrected chi connectivity index (χ0v) is 8.03. The quantitative estimate of drug-likeness (QED) is 0.651. The molecule has 0 aliphatic heterocycles. The summed E-state index contributed by atoms with van der Waals surface area (Å²) in [6, 6.07) is 0. The van der Waals surface area contributed by atoms with E-state index in [0.29, 0.717) is 0 Å². The first-order valence-corrected chi connectivity index (χ1v) is 3.96. The van der Waals surface area contributed by atoms with E-state index in [1.165, 1.54) is 11.1 Å². The fourth-order valence-electron chi connectivity index (χ4n) is 0.468. The van der Waals surface area contributed by atoms with Gasteiger partial charge in [-0.15, -0.1) is 0 Å². The first-order valence-electron chi connectivity index (χ1n) is 3.04. The van der Waals surface area contributed by atoms with Gasteiger partial charge in [-0.1, -0.05) is 15.9 Å². The zero-order chi connectivity index (χ0) is 8.20. The summed E-state index contributed by atoms with van der Waals surface area (Å²) in [6.45, 7) is 5.81. The predicted octanol–water partition coefficient (Wildman–Crippen LogP) is 1.81. The summed E-state index contributed by atoms with van der Waals surface area (Å²) in [6.07, 6.45) is 1.44. The van der Waals surface area contributed by atoms with Crippen LogP contribution in [-0.4, -0.2) is 11.4 Å². The third-order valence-electron chi connectivity index (χ3n) is 0.713. The Kier molecular flexibility index (Phi) is 3.64. The minimum absolute atomic E-state index is 0.0793. The number of carbonyl (C=O) groups is 1. The lowest BCUT2D eigenvalue weighted by molar-refractivity contribution is -0.117. The van der Waals surface area contributed by atoms with Crippen LogP contribution in [0.25, 0.3) is 0 Å². The Bertz CT molecular complexity index is 146. The lowest BCUT2D eigenvalue weighted by Gasteiger charge is -2.18. The fourth-order valence-corrected chi connectivity index (χ4v) is 0.709. The average Bonchev–Trinajstić information content (AvgIpc) is 1.59. The molecular formula is C7H12BrNO. The van der Waals surface area contributed by atoms with Crippen molar-refractivity contribution < 1.29 is 4.79 Å². The Labute approximate surface area is 69.8 Å². The Morgan fingerprint density at radius 3 is 2.30 bits per heavy atom. The summed E-state index contributed by atoms with van der Waals surface area (Å²) in [5, 5.41) is 2.76. The van der Waals surface area contributed by atoms with Crippen molar-refractivity contribution in [3.63, 3.8) is 0 Å². The second-order valence-corrected chi connectivity index (χ2v) is 3.56. The molecule has 0 bridgehead atoms. The summed E-state index contributed by atoms with van der Waals surface area (Å²) >= 11 is 3.02. The first-order chi connectivity index (χ1) is 4.45. The molecule has 0 saturated heterocycles. The van der Waals surface area contributed by atoms with Crippen LogP contribution in [0.1, 0.15) is 20.8 Å². The van der Waals surface area contributed by atoms with Crippen LogP contribution in [0.4, 0.5) is 0 Å². The molecule has 0 aliphatic rings. The SMILES string of the molecule is CC(C)(C)NC(=O)/C=C\Br. The Hall–Kier alpha value is -0.310. The monoisotopic (exact) mass is 205 g/mol. The van der Waals surface area contributed by atoms with Gasteiger partial charge in [0.2, 0.25) is 5.91 Å². The number of hydrogen-bond acceptors (Lipinski definition) is 1. The van der Waals surface area contributed by atoms with Gasteiger partial charge in [-0.05, 0) is 25.8 Å². The van der Waals surface area contributed by atoms with Gasteiger partial charge in [0.15, 0.2) is 0 Å². The predicted molar refractivity (Wildman–Crippen MR) is 46.0 cm³/mol. The Morgan fingerprint density at radius 1 is 1.50 bits per heavy atom. The molecule has 0 heterocycles. The molecule has 0 aromatic carbocycles. The number of rotatable bonds is 1. The standard InChI is InChI=1S/C7H12BrNO/c1-7(2,3)9-6(10)4-5-8/h4-5H,1-3H3,(H,9,10)/b5-4-.